The van der Waals surface area contributed by atoms with Crippen molar-refractivity contribution in [2.45, 2.75) is 25.2 Å². The number of likely N-dealkylation sites (N-methyl/N-ethyl adjacent to an activating group) is 1. The number of benzene rings is 2. The second kappa shape index (κ2) is 9.76. The number of rotatable bonds is 9. The SMILES string of the molecule is CCN(CCNC(=O)CCS(=O)(=O)c1ccc(Cl)cc1)c1cccc(C)c1. The molecule has 0 aliphatic rings. The van der Waals surface area contributed by atoms with Crippen LogP contribution < -0.4 is 10.2 Å². The van der Waals surface area contributed by atoms with Crippen LogP contribution in [0.2, 0.25) is 5.02 Å². The minimum Gasteiger partial charge on any atom is -0.370 e. The van der Waals surface area contributed by atoms with E-state index in [0.717, 1.165) is 12.2 Å². The number of hydrogen-bond acceptors (Lipinski definition) is 4. The Morgan fingerprint density at radius 1 is 1.15 bits per heavy atom. The van der Waals surface area contributed by atoms with Gasteiger partial charge in [0.2, 0.25) is 5.91 Å². The minimum atomic E-state index is -3.50. The molecule has 0 fully saturated rings. The van der Waals surface area contributed by atoms with E-state index in [2.05, 4.69) is 23.2 Å². The first-order valence-corrected chi connectivity index (χ1v) is 10.9. The second-order valence-electron chi connectivity index (χ2n) is 6.29. The summed E-state index contributed by atoms with van der Waals surface area (Å²) in [5.74, 6) is -0.497. The van der Waals surface area contributed by atoms with Gasteiger partial charge in [-0.25, -0.2) is 8.42 Å². The molecule has 0 aliphatic carbocycles. The van der Waals surface area contributed by atoms with Crippen LogP contribution in [0.1, 0.15) is 18.9 Å². The Hall–Kier alpha value is -2.05. The number of nitrogens with zero attached hydrogens (tertiary/aromatic N) is 1. The molecule has 0 spiro atoms. The number of nitrogens with one attached hydrogen (secondary N) is 1. The number of aryl methyl sites for hydroxylation is 1. The van der Waals surface area contributed by atoms with E-state index in [4.69, 9.17) is 11.6 Å². The lowest BCUT2D eigenvalue weighted by Crippen LogP contribution is -2.35. The van der Waals surface area contributed by atoms with Gasteiger partial charge in [0.15, 0.2) is 9.84 Å². The summed E-state index contributed by atoms with van der Waals surface area (Å²) in [5.41, 5.74) is 2.29. The Labute approximate surface area is 166 Å². The number of carbonyl (C=O) groups is 1. The van der Waals surface area contributed by atoms with Gasteiger partial charge in [-0.1, -0.05) is 23.7 Å². The summed E-state index contributed by atoms with van der Waals surface area (Å²) in [5, 5.41) is 3.27. The van der Waals surface area contributed by atoms with Gasteiger partial charge in [0.05, 0.1) is 10.6 Å². The molecule has 5 nitrogen and oxygen atoms in total. The highest BCUT2D eigenvalue weighted by Gasteiger charge is 2.16. The second-order valence-corrected chi connectivity index (χ2v) is 8.84. The third-order valence-corrected chi connectivity index (χ3v) is 6.21. The van der Waals surface area contributed by atoms with Gasteiger partial charge in [0.25, 0.3) is 0 Å². The molecule has 0 saturated heterocycles. The van der Waals surface area contributed by atoms with Crippen LogP contribution in [0.15, 0.2) is 53.4 Å². The predicted octanol–water partition coefficient (Wildman–Crippen LogP) is 3.45. The van der Waals surface area contributed by atoms with Crippen LogP contribution in [0.4, 0.5) is 5.69 Å². The molecule has 0 heterocycles. The minimum absolute atomic E-state index is 0.0679. The molecule has 0 aromatic heterocycles. The lowest BCUT2D eigenvalue weighted by Gasteiger charge is -2.23. The van der Waals surface area contributed by atoms with E-state index >= 15 is 0 Å². The monoisotopic (exact) mass is 408 g/mol. The predicted molar refractivity (Wildman–Crippen MR) is 110 cm³/mol. The Bertz CT molecular complexity index is 867. The van der Waals surface area contributed by atoms with Gasteiger partial charge in [-0.3, -0.25) is 4.79 Å². The smallest absolute Gasteiger partial charge is 0.221 e. The fourth-order valence-electron chi connectivity index (χ4n) is 2.70. The Balaban J connectivity index is 1.81. The van der Waals surface area contributed by atoms with Crippen LogP contribution in [0.3, 0.4) is 0 Å². The maximum absolute atomic E-state index is 12.3. The third-order valence-electron chi connectivity index (χ3n) is 4.22. The van der Waals surface area contributed by atoms with Crippen LogP contribution in [-0.2, 0) is 14.6 Å². The van der Waals surface area contributed by atoms with Crippen molar-refractivity contribution in [3.63, 3.8) is 0 Å². The maximum Gasteiger partial charge on any atom is 0.221 e. The number of carbonyl (C=O) groups excluding carboxylic acids is 1. The highest BCUT2D eigenvalue weighted by molar-refractivity contribution is 7.91. The highest BCUT2D eigenvalue weighted by Crippen LogP contribution is 2.16. The van der Waals surface area contributed by atoms with E-state index in [1.165, 1.54) is 29.8 Å². The summed E-state index contributed by atoms with van der Waals surface area (Å²) in [6, 6.07) is 14.2. The summed E-state index contributed by atoms with van der Waals surface area (Å²) >= 11 is 5.77. The topological polar surface area (TPSA) is 66.5 Å². The first kappa shape index (κ1) is 21.3. The van der Waals surface area contributed by atoms with E-state index < -0.39 is 9.84 Å². The summed E-state index contributed by atoms with van der Waals surface area (Å²) in [6.07, 6.45) is -0.0679. The van der Waals surface area contributed by atoms with Crippen LogP contribution in [0.25, 0.3) is 0 Å². The van der Waals surface area contributed by atoms with Crippen molar-refractivity contribution >= 4 is 33.0 Å². The Morgan fingerprint density at radius 2 is 1.85 bits per heavy atom. The van der Waals surface area contributed by atoms with Gasteiger partial charge in [-0.15, -0.1) is 0 Å². The number of sulfone groups is 1. The fraction of sp³-hybridized carbons (Fsp3) is 0.350. The molecule has 0 bridgehead atoms. The van der Waals surface area contributed by atoms with Crippen molar-refractivity contribution in [2.75, 3.05) is 30.3 Å². The standard InChI is InChI=1S/C20H25ClN2O3S/c1-3-23(18-6-4-5-16(2)15-18)13-12-22-20(24)11-14-27(25,26)19-9-7-17(21)8-10-19/h4-10,15H,3,11-14H2,1-2H3,(H,22,24). The van der Waals surface area contributed by atoms with Crippen LogP contribution in [-0.4, -0.2) is 39.7 Å². The first-order chi connectivity index (χ1) is 12.8. The molecule has 146 valence electrons. The molecular formula is C20H25ClN2O3S. The molecule has 27 heavy (non-hydrogen) atoms. The van der Waals surface area contributed by atoms with Crippen LogP contribution >= 0.6 is 11.6 Å². The quantitative estimate of drug-likeness (QED) is 0.690. The molecule has 0 atom stereocenters. The van der Waals surface area contributed by atoms with Gasteiger partial charge in [-0.2, -0.15) is 0 Å². The fourth-order valence-corrected chi connectivity index (χ4v) is 4.07. The molecule has 1 amide bonds. The van der Waals surface area contributed by atoms with Gasteiger partial charge in [0.1, 0.15) is 0 Å². The van der Waals surface area contributed by atoms with Crippen LogP contribution in [0.5, 0.6) is 0 Å². The van der Waals surface area contributed by atoms with E-state index in [1.807, 2.05) is 25.1 Å². The Kier molecular flexibility index (Phi) is 7.68. The number of anilines is 1. The van der Waals surface area contributed by atoms with E-state index in [9.17, 15) is 13.2 Å². The summed E-state index contributed by atoms with van der Waals surface area (Å²) in [6.45, 7) is 6.05. The molecular weight excluding hydrogens is 384 g/mol. The van der Waals surface area contributed by atoms with Gasteiger partial charge < -0.3 is 10.2 Å². The average molecular weight is 409 g/mol. The van der Waals surface area contributed by atoms with Gasteiger partial charge in [-0.05, 0) is 55.8 Å². The van der Waals surface area contributed by atoms with E-state index in [-0.39, 0.29) is 23.0 Å². The molecule has 0 aliphatic heterocycles. The number of amides is 1. The van der Waals surface area contributed by atoms with Gasteiger partial charge >= 0.3 is 0 Å². The maximum atomic E-state index is 12.3. The number of hydrogen-bond donors (Lipinski definition) is 1. The molecule has 1 N–H and O–H groups in total. The molecule has 0 saturated carbocycles. The molecule has 0 unspecified atom stereocenters. The molecule has 2 aromatic carbocycles. The first-order valence-electron chi connectivity index (χ1n) is 8.88. The van der Waals surface area contributed by atoms with Gasteiger partial charge in [0, 0.05) is 36.8 Å². The van der Waals surface area contributed by atoms with Crippen molar-refractivity contribution in [3.05, 3.63) is 59.1 Å². The van der Waals surface area contributed by atoms with Crippen molar-refractivity contribution in [1.29, 1.82) is 0 Å². The normalized spacial score (nSPS) is 11.2. The van der Waals surface area contributed by atoms with E-state index in [0.29, 0.717) is 18.1 Å². The van der Waals surface area contributed by atoms with E-state index in [1.54, 1.807) is 0 Å². The van der Waals surface area contributed by atoms with Crippen molar-refractivity contribution in [3.8, 4) is 0 Å². The summed E-state index contributed by atoms with van der Waals surface area (Å²) < 4.78 is 24.5. The Morgan fingerprint density at radius 3 is 2.48 bits per heavy atom. The van der Waals surface area contributed by atoms with Crippen molar-refractivity contribution in [1.82, 2.24) is 5.32 Å². The largest absolute Gasteiger partial charge is 0.370 e. The lowest BCUT2D eigenvalue weighted by atomic mass is 10.2. The van der Waals surface area contributed by atoms with Crippen molar-refractivity contribution < 1.29 is 13.2 Å². The zero-order chi connectivity index (χ0) is 19.9. The molecule has 2 rings (SSSR count). The lowest BCUT2D eigenvalue weighted by molar-refractivity contribution is -0.120. The molecule has 0 radical (unpaired) electrons. The zero-order valence-corrected chi connectivity index (χ0v) is 17.2. The van der Waals surface area contributed by atoms with Crippen LogP contribution in [0, 0.1) is 6.92 Å². The summed E-state index contributed by atoms with van der Waals surface area (Å²) in [7, 11) is -3.50. The molecule has 7 heteroatoms. The molecule has 2 aromatic rings. The third kappa shape index (κ3) is 6.56. The average Bonchev–Trinajstić information content (AvgIpc) is 2.64. The number of halogens is 1. The zero-order valence-electron chi connectivity index (χ0n) is 15.6. The highest BCUT2D eigenvalue weighted by atomic mass is 35.5. The summed E-state index contributed by atoms with van der Waals surface area (Å²) in [4.78, 5) is 14.4. The van der Waals surface area contributed by atoms with Crippen molar-refractivity contribution in [2.24, 2.45) is 0 Å².